The standard InChI is InChI=1S/C12H14ClNO2/c1-12(15,5-6-14)10-7-8-3-2-4-9(13)11(8)16-10/h2-4,7,15H,5-6,14H2,1H3. The Morgan fingerprint density at radius 1 is 1.50 bits per heavy atom. The number of halogens is 1. The molecule has 16 heavy (non-hydrogen) atoms. The second kappa shape index (κ2) is 4.09. The Morgan fingerprint density at radius 3 is 2.88 bits per heavy atom. The van der Waals surface area contributed by atoms with Gasteiger partial charge in [0.1, 0.15) is 11.4 Å². The molecule has 1 aromatic heterocycles. The van der Waals surface area contributed by atoms with E-state index >= 15 is 0 Å². The third-order valence-electron chi connectivity index (χ3n) is 2.66. The average Bonchev–Trinajstić information content (AvgIpc) is 2.63. The van der Waals surface area contributed by atoms with E-state index in [1.165, 1.54) is 0 Å². The molecule has 0 aliphatic rings. The van der Waals surface area contributed by atoms with Crippen molar-refractivity contribution in [1.29, 1.82) is 0 Å². The molecular formula is C12H14ClNO2. The van der Waals surface area contributed by atoms with Crippen molar-refractivity contribution in [2.75, 3.05) is 6.54 Å². The first kappa shape index (κ1) is 11.5. The van der Waals surface area contributed by atoms with Crippen LogP contribution in [-0.4, -0.2) is 11.7 Å². The van der Waals surface area contributed by atoms with Crippen molar-refractivity contribution in [3.63, 3.8) is 0 Å². The van der Waals surface area contributed by atoms with E-state index in [0.717, 1.165) is 5.39 Å². The molecule has 2 rings (SSSR count). The van der Waals surface area contributed by atoms with Gasteiger partial charge in [0, 0.05) is 5.39 Å². The Kier molecular flexibility index (Phi) is 2.93. The molecule has 0 amide bonds. The highest BCUT2D eigenvalue weighted by atomic mass is 35.5. The molecule has 0 radical (unpaired) electrons. The highest BCUT2D eigenvalue weighted by Gasteiger charge is 2.26. The van der Waals surface area contributed by atoms with Crippen LogP contribution in [0.5, 0.6) is 0 Å². The molecule has 0 saturated heterocycles. The second-order valence-electron chi connectivity index (χ2n) is 4.08. The van der Waals surface area contributed by atoms with Crippen molar-refractivity contribution < 1.29 is 9.52 Å². The maximum absolute atomic E-state index is 10.2. The molecule has 1 unspecified atom stereocenters. The highest BCUT2D eigenvalue weighted by Crippen LogP contribution is 2.33. The van der Waals surface area contributed by atoms with Crippen LogP contribution in [0.1, 0.15) is 19.1 Å². The first-order chi connectivity index (χ1) is 7.54. The van der Waals surface area contributed by atoms with E-state index in [0.29, 0.717) is 29.3 Å². The van der Waals surface area contributed by atoms with Crippen LogP contribution in [0.25, 0.3) is 11.0 Å². The Hall–Kier alpha value is -1.03. The minimum absolute atomic E-state index is 0.401. The maximum Gasteiger partial charge on any atom is 0.153 e. The lowest BCUT2D eigenvalue weighted by atomic mass is 9.99. The summed E-state index contributed by atoms with van der Waals surface area (Å²) in [4.78, 5) is 0. The SMILES string of the molecule is CC(O)(CCN)c1cc2cccc(Cl)c2o1. The van der Waals surface area contributed by atoms with Gasteiger partial charge in [0.15, 0.2) is 5.58 Å². The van der Waals surface area contributed by atoms with E-state index in [1.807, 2.05) is 12.1 Å². The molecule has 0 saturated carbocycles. The number of nitrogens with two attached hydrogens (primary N) is 1. The Balaban J connectivity index is 2.51. The smallest absolute Gasteiger partial charge is 0.153 e. The minimum atomic E-state index is -1.04. The van der Waals surface area contributed by atoms with Crippen molar-refractivity contribution in [2.24, 2.45) is 5.73 Å². The molecule has 0 aliphatic heterocycles. The Labute approximate surface area is 98.8 Å². The van der Waals surface area contributed by atoms with Crippen molar-refractivity contribution in [3.8, 4) is 0 Å². The zero-order chi connectivity index (χ0) is 11.8. The van der Waals surface area contributed by atoms with Crippen LogP contribution < -0.4 is 5.73 Å². The van der Waals surface area contributed by atoms with Crippen LogP contribution in [0.3, 0.4) is 0 Å². The van der Waals surface area contributed by atoms with Gasteiger partial charge >= 0.3 is 0 Å². The van der Waals surface area contributed by atoms with E-state index in [2.05, 4.69) is 0 Å². The fourth-order valence-electron chi connectivity index (χ4n) is 1.70. The fourth-order valence-corrected chi connectivity index (χ4v) is 1.92. The van der Waals surface area contributed by atoms with E-state index < -0.39 is 5.60 Å². The quantitative estimate of drug-likeness (QED) is 0.866. The fraction of sp³-hybridized carbons (Fsp3) is 0.333. The number of benzene rings is 1. The van der Waals surface area contributed by atoms with Crippen molar-refractivity contribution in [2.45, 2.75) is 18.9 Å². The van der Waals surface area contributed by atoms with Crippen LogP contribution in [0, 0.1) is 0 Å². The predicted molar refractivity (Wildman–Crippen MR) is 64.5 cm³/mol. The number of aliphatic hydroxyl groups is 1. The summed E-state index contributed by atoms with van der Waals surface area (Å²) in [5, 5.41) is 11.6. The third-order valence-corrected chi connectivity index (χ3v) is 2.96. The topological polar surface area (TPSA) is 59.4 Å². The summed E-state index contributed by atoms with van der Waals surface area (Å²) in [5.74, 6) is 0.501. The van der Waals surface area contributed by atoms with Gasteiger partial charge in [-0.05, 0) is 32.0 Å². The zero-order valence-electron chi connectivity index (χ0n) is 9.03. The van der Waals surface area contributed by atoms with Crippen LogP contribution in [0.4, 0.5) is 0 Å². The van der Waals surface area contributed by atoms with Gasteiger partial charge in [-0.2, -0.15) is 0 Å². The van der Waals surface area contributed by atoms with Crippen LogP contribution in [0.15, 0.2) is 28.7 Å². The molecule has 4 heteroatoms. The van der Waals surface area contributed by atoms with Crippen molar-refractivity contribution in [3.05, 3.63) is 35.0 Å². The first-order valence-corrected chi connectivity index (χ1v) is 5.53. The molecule has 3 nitrogen and oxygen atoms in total. The number of hydrogen-bond acceptors (Lipinski definition) is 3. The number of fused-ring (bicyclic) bond motifs is 1. The van der Waals surface area contributed by atoms with Gasteiger partial charge < -0.3 is 15.3 Å². The molecule has 1 heterocycles. The van der Waals surface area contributed by atoms with E-state index in [-0.39, 0.29) is 0 Å². The summed E-state index contributed by atoms with van der Waals surface area (Å²) in [6.45, 7) is 2.09. The van der Waals surface area contributed by atoms with Gasteiger partial charge in [0.2, 0.25) is 0 Å². The summed E-state index contributed by atoms with van der Waals surface area (Å²) in [6, 6.07) is 7.31. The lowest BCUT2D eigenvalue weighted by Crippen LogP contribution is -2.24. The van der Waals surface area contributed by atoms with Crippen LogP contribution in [-0.2, 0) is 5.60 Å². The first-order valence-electron chi connectivity index (χ1n) is 5.15. The molecule has 1 atom stereocenters. The largest absolute Gasteiger partial charge is 0.456 e. The van der Waals surface area contributed by atoms with Crippen LogP contribution in [0.2, 0.25) is 5.02 Å². The van der Waals surface area contributed by atoms with Crippen LogP contribution >= 0.6 is 11.6 Å². The van der Waals surface area contributed by atoms with Gasteiger partial charge in [-0.25, -0.2) is 0 Å². The normalized spacial score (nSPS) is 15.2. The Bertz CT molecular complexity index is 505. The Morgan fingerprint density at radius 2 is 2.25 bits per heavy atom. The molecular weight excluding hydrogens is 226 g/mol. The maximum atomic E-state index is 10.2. The molecule has 0 bridgehead atoms. The molecule has 86 valence electrons. The van der Waals surface area contributed by atoms with Gasteiger partial charge in [0.25, 0.3) is 0 Å². The lowest BCUT2D eigenvalue weighted by Gasteiger charge is -2.19. The molecule has 3 N–H and O–H groups in total. The zero-order valence-corrected chi connectivity index (χ0v) is 9.79. The molecule has 2 aromatic rings. The molecule has 1 aromatic carbocycles. The van der Waals surface area contributed by atoms with Gasteiger partial charge in [-0.15, -0.1) is 0 Å². The second-order valence-corrected chi connectivity index (χ2v) is 4.49. The summed E-state index contributed by atoms with van der Waals surface area (Å²) in [6.07, 6.45) is 0.449. The number of para-hydroxylation sites is 1. The van der Waals surface area contributed by atoms with Crippen molar-refractivity contribution >= 4 is 22.6 Å². The monoisotopic (exact) mass is 239 g/mol. The summed E-state index contributed by atoms with van der Waals surface area (Å²) >= 11 is 6.00. The molecule has 0 spiro atoms. The van der Waals surface area contributed by atoms with E-state index in [9.17, 15) is 5.11 Å². The summed E-state index contributed by atoms with van der Waals surface area (Å²) in [7, 11) is 0. The van der Waals surface area contributed by atoms with Gasteiger partial charge in [-0.3, -0.25) is 0 Å². The number of hydrogen-bond donors (Lipinski definition) is 2. The number of rotatable bonds is 3. The summed E-state index contributed by atoms with van der Waals surface area (Å²) < 4.78 is 5.58. The predicted octanol–water partition coefficient (Wildman–Crippen LogP) is 2.64. The van der Waals surface area contributed by atoms with Gasteiger partial charge in [0.05, 0.1) is 5.02 Å². The highest BCUT2D eigenvalue weighted by molar-refractivity contribution is 6.34. The summed E-state index contributed by atoms with van der Waals surface area (Å²) in [5.41, 5.74) is 5.01. The van der Waals surface area contributed by atoms with E-state index in [1.54, 1.807) is 19.1 Å². The lowest BCUT2D eigenvalue weighted by molar-refractivity contribution is 0.0293. The van der Waals surface area contributed by atoms with E-state index in [4.69, 9.17) is 21.8 Å². The minimum Gasteiger partial charge on any atom is -0.456 e. The van der Waals surface area contributed by atoms with Crippen molar-refractivity contribution in [1.82, 2.24) is 0 Å². The van der Waals surface area contributed by atoms with Gasteiger partial charge in [-0.1, -0.05) is 23.7 Å². The third kappa shape index (κ3) is 1.94. The number of furan rings is 1. The average molecular weight is 240 g/mol. The molecule has 0 fully saturated rings. The molecule has 0 aliphatic carbocycles.